The fraction of sp³-hybridized carbons (Fsp3) is 0.409. The molecule has 1 atom stereocenters. The van der Waals surface area contributed by atoms with E-state index in [1.54, 1.807) is 39.0 Å². The SMILES string of the molecule is COC(=O)C(C)Cc1ccc(OCc2cc(N)cc3c2OC(C)(C)C3(O)O)c(N)c1. The summed E-state index contributed by atoms with van der Waals surface area (Å²) in [5.74, 6) is -1.95. The molecule has 0 aromatic heterocycles. The average molecular weight is 416 g/mol. The number of carbonyl (C=O) groups excluding carboxylic acids is 1. The van der Waals surface area contributed by atoms with E-state index in [1.165, 1.54) is 13.2 Å². The van der Waals surface area contributed by atoms with Gasteiger partial charge in [-0.2, -0.15) is 0 Å². The molecule has 0 radical (unpaired) electrons. The fourth-order valence-electron chi connectivity index (χ4n) is 3.50. The number of fused-ring (bicyclic) bond motifs is 1. The smallest absolute Gasteiger partial charge is 0.308 e. The van der Waals surface area contributed by atoms with Gasteiger partial charge in [-0.15, -0.1) is 0 Å². The van der Waals surface area contributed by atoms with Gasteiger partial charge in [0.05, 0.1) is 24.3 Å². The first-order chi connectivity index (χ1) is 14.0. The van der Waals surface area contributed by atoms with Crippen molar-refractivity contribution in [3.8, 4) is 11.5 Å². The number of methoxy groups -OCH3 is 1. The molecule has 6 N–H and O–H groups in total. The molecule has 0 amide bonds. The number of nitrogens with two attached hydrogens (primary N) is 2. The predicted octanol–water partition coefficient (Wildman–Crippen LogP) is 2.09. The van der Waals surface area contributed by atoms with Crippen LogP contribution in [0.1, 0.15) is 37.5 Å². The number of hydrogen-bond acceptors (Lipinski definition) is 8. The van der Waals surface area contributed by atoms with Crippen LogP contribution in [0.2, 0.25) is 0 Å². The highest BCUT2D eigenvalue weighted by Crippen LogP contribution is 2.48. The number of nitrogen functional groups attached to an aromatic ring is 2. The molecular formula is C22H28N2O6. The minimum absolute atomic E-state index is 0.0711. The van der Waals surface area contributed by atoms with Crippen LogP contribution in [0.3, 0.4) is 0 Å². The second kappa shape index (κ2) is 7.70. The van der Waals surface area contributed by atoms with E-state index in [-0.39, 0.29) is 24.1 Å². The first-order valence-electron chi connectivity index (χ1n) is 9.62. The van der Waals surface area contributed by atoms with E-state index in [0.717, 1.165) is 5.56 Å². The van der Waals surface area contributed by atoms with E-state index in [9.17, 15) is 15.0 Å². The zero-order valence-corrected chi connectivity index (χ0v) is 17.6. The van der Waals surface area contributed by atoms with Crippen LogP contribution in [0.5, 0.6) is 11.5 Å². The van der Waals surface area contributed by atoms with Crippen molar-refractivity contribution in [2.24, 2.45) is 5.92 Å². The maximum Gasteiger partial charge on any atom is 0.308 e. The second-order valence-corrected chi connectivity index (χ2v) is 8.13. The standard InChI is InChI=1S/C22H28N2O6/c1-12(20(25)28-4)7-13-5-6-18(17(24)8-13)29-11-14-9-15(23)10-16-19(14)30-21(2,3)22(16,26)27/h5-6,8-10,12,26-27H,7,11,23-24H2,1-4H3. The number of esters is 1. The summed E-state index contributed by atoms with van der Waals surface area (Å²) in [4.78, 5) is 11.6. The van der Waals surface area contributed by atoms with Gasteiger partial charge in [0.1, 0.15) is 18.1 Å². The van der Waals surface area contributed by atoms with Crippen LogP contribution in [-0.2, 0) is 28.3 Å². The number of aliphatic hydroxyl groups is 2. The van der Waals surface area contributed by atoms with E-state index >= 15 is 0 Å². The maximum absolute atomic E-state index is 11.6. The van der Waals surface area contributed by atoms with Gasteiger partial charge >= 0.3 is 5.97 Å². The molecule has 2 aromatic rings. The molecule has 2 aromatic carbocycles. The molecule has 1 aliphatic heterocycles. The Morgan fingerprint density at radius 2 is 1.90 bits per heavy atom. The van der Waals surface area contributed by atoms with Crippen molar-refractivity contribution in [2.75, 3.05) is 18.6 Å². The Hall–Kier alpha value is -2.97. The van der Waals surface area contributed by atoms with E-state index in [2.05, 4.69) is 0 Å². The molecule has 0 aliphatic carbocycles. The Morgan fingerprint density at radius 1 is 1.20 bits per heavy atom. The van der Waals surface area contributed by atoms with Crippen molar-refractivity contribution < 1.29 is 29.2 Å². The van der Waals surface area contributed by atoms with Gasteiger partial charge in [-0.3, -0.25) is 4.79 Å². The molecule has 0 fully saturated rings. The lowest BCUT2D eigenvalue weighted by molar-refractivity contribution is -0.243. The molecule has 0 saturated heterocycles. The molecule has 0 saturated carbocycles. The zero-order valence-electron chi connectivity index (χ0n) is 17.6. The summed E-state index contributed by atoms with van der Waals surface area (Å²) in [6, 6.07) is 8.47. The molecule has 8 nitrogen and oxygen atoms in total. The van der Waals surface area contributed by atoms with Crippen LogP contribution in [0.15, 0.2) is 30.3 Å². The summed E-state index contributed by atoms with van der Waals surface area (Å²) >= 11 is 0. The summed E-state index contributed by atoms with van der Waals surface area (Å²) in [5, 5.41) is 21.0. The van der Waals surface area contributed by atoms with Crippen LogP contribution in [0.4, 0.5) is 11.4 Å². The largest absolute Gasteiger partial charge is 0.487 e. The van der Waals surface area contributed by atoms with E-state index in [4.69, 9.17) is 25.7 Å². The Labute approximate surface area is 175 Å². The van der Waals surface area contributed by atoms with Crippen LogP contribution < -0.4 is 20.9 Å². The highest BCUT2D eigenvalue weighted by atomic mass is 16.6. The van der Waals surface area contributed by atoms with Crippen molar-refractivity contribution in [3.63, 3.8) is 0 Å². The van der Waals surface area contributed by atoms with Gasteiger partial charge in [0.25, 0.3) is 0 Å². The van der Waals surface area contributed by atoms with Gasteiger partial charge in [0, 0.05) is 11.3 Å². The van der Waals surface area contributed by atoms with Crippen molar-refractivity contribution in [3.05, 3.63) is 47.0 Å². The Kier molecular flexibility index (Phi) is 5.58. The number of benzene rings is 2. The third-order valence-electron chi connectivity index (χ3n) is 5.36. The molecule has 8 heteroatoms. The molecule has 1 heterocycles. The van der Waals surface area contributed by atoms with Gasteiger partial charge in [-0.1, -0.05) is 13.0 Å². The molecule has 0 spiro atoms. The van der Waals surface area contributed by atoms with E-state index in [1.807, 2.05) is 6.07 Å². The third kappa shape index (κ3) is 3.88. The van der Waals surface area contributed by atoms with E-state index in [0.29, 0.717) is 34.9 Å². The monoisotopic (exact) mass is 416 g/mol. The summed E-state index contributed by atoms with van der Waals surface area (Å²) in [7, 11) is 1.36. The van der Waals surface area contributed by atoms with Crippen molar-refractivity contribution in [1.82, 2.24) is 0 Å². The molecule has 3 rings (SSSR count). The number of anilines is 2. The number of hydrogen-bond donors (Lipinski definition) is 4. The first-order valence-corrected chi connectivity index (χ1v) is 9.62. The van der Waals surface area contributed by atoms with Gasteiger partial charge in [-0.25, -0.2) is 0 Å². The van der Waals surface area contributed by atoms with Crippen LogP contribution >= 0.6 is 0 Å². The third-order valence-corrected chi connectivity index (χ3v) is 5.36. The maximum atomic E-state index is 11.6. The Balaban J connectivity index is 1.78. The molecule has 0 bridgehead atoms. The minimum Gasteiger partial charge on any atom is -0.487 e. The van der Waals surface area contributed by atoms with Gasteiger partial charge in [0.15, 0.2) is 5.60 Å². The lowest BCUT2D eigenvalue weighted by atomic mass is 9.92. The topological polar surface area (TPSA) is 137 Å². The molecule has 30 heavy (non-hydrogen) atoms. The van der Waals surface area contributed by atoms with Crippen LogP contribution in [0, 0.1) is 5.92 Å². The molecule has 162 valence electrons. The van der Waals surface area contributed by atoms with Crippen LogP contribution in [-0.4, -0.2) is 28.9 Å². The summed E-state index contributed by atoms with van der Waals surface area (Å²) in [5.41, 5.74) is 13.3. The highest BCUT2D eigenvalue weighted by Gasteiger charge is 2.54. The summed E-state index contributed by atoms with van der Waals surface area (Å²) < 4.78 is 16.4. The molecular weight excluding hydrogens is 388 g/mol. The lowest BCUT2D eigenvalue weighted by Gasteiger charge is -2.29. The lowest BCUT2D eigenvalue weighted by Crippen LogP contribution is -2.46. The van der Waals surface area contributed by atoms with Crippen LogP contribution in [0.25, 0.3) is 0 Å². The second-order valence-electron chi connectivity index (χ2n) is 8.13. The summed E-state index contributed by atoms with van der Waals surface area (Å²) in [6.07, 6.45) is 0.498. The fourth-order valence-corrected chi connectivity index (χ4v) is 3.50. The molecule has 1 aliphatic rings. The quantitative estimate of drug-likeness (QED) is 0.319. The van der Waals surface area contributed by atoms with Crippen molar-refractivity contribution in [1.29, 1.82) is 0 Å². The molecule has 1 unspecified atom stereocenters. The van der Waals surface area contributed by atoms with Crippen molar-refractivity contribution >= 4 is 17.3 Å². The van der Waals surface area contributed by atoms with Gasteiger partial charge in [0.2, 0.25) is 5.79 Å². The Morgan fingerprint density at radius 3 is 2.53 bits per heavy atom. The predicted molar refractivity (Wildman–Crippen MR) is 112 cm³/mol. The highest BCUT2D eigenvalue weighted by molar-refractivity contribution is 5.72. The normalized spacial score (nSPS) is 17.0. The summed E-state index contributed by atoms with van der Waals surface area (Å²) in [6.45, 7) is 5.03. The number of rotatable bonds is 6. The number of carbonyl (C=O) groups is 1. The van der Waals surface area contributed by atoms with E-state index < -0.39 is 11.4 Å². The zero-order chi connectivity index (χ0) is 22.3. The van der Waals surface area contributed by atoms with Crippen molar-refractivity contribution in [2.45, 2.75) is 45.2 Å². The Bertz CT molecular complexity index is 970. The first kappa shape index (κ1) is 21.7. The minimum atomic E-state index is -2.18. The number of ether oxygens (including phenoxy) is 3. The van der Waals surface area contributed by atoms with Gasteiger partial charge in [-0.05, 0) is 50.1 Å². The average Bonchev–Trinajstić information content (AvgIpc) is 2.85. The van der Waals surface area contributed by atoms with Gasteiger partial charge < -0.3 is 35.9 Å².